The SMILES string of the molecule is COc1ccc(CCN2C(=O)N(c3cccc(C)c3)C(=O)[C@H]2CC(=O)Nc2ccc(OC)cc2)cc1. The number of methoxy groups -OCH3 is 2. The summed E-state index contributed by atoms with van der Waals surface area (Å²) >= 11 is 0. The molecule has 0 aliphatic carbocycles. The molecule has 1 aliphatic heterocycles. The van der Waals surface area contributed by atoms with Gasteiger partial charge in [-0.15, -0.1) is 0 Å². The van der Waals surface area contributed by atoms with Crippen molar-refractivity contribution < 1.29 is 23.9 Å². The van der Waals surface area contributed by atoms with E-state index in [0.29, 0.717) is 30.1 Å². The Kier molecular flexibility index (Phi) is 7.53. The Morgan fingerprint density at radius 3 is 2.17 bits per heavy atom. The normalized spacial score (nSPS) is 15.2. The second-order valence-corrected chi connectivity index (χ2v) is 8.58. The third kappa shape index (κ3) is 5.49. The number of carbonyl (C=O) groups is 3. The van der Waals surface area contributed by atoms with Gasteiger partial charge in [0.05, 0.1) is 26.3 Å². The molecule has 1 saturated heterocycles. The van der Waals surface area contributed by atoms with E-state index in [2.05, 4.69) is 5.32 Å². The molecule has 186 valence electrons. The average Bonchev–Trinajstić information content (AvgIpc) is 3.11. The molecule has 1 N–H and O–H groups in total. The lowest BCUT2D eigenvalue weighted by molar-refractivity contribution is -0.124. The number of hydrogen-bond acceptors (Lipinski definition) is 5. The molecule has 0 radical (unpaired) electrons. The third-order valence-electron chi connectivity index (χ3n) is 6.13. The van der Waals surface area contributed by atoms with Crippen LogP contribution in [0.15, 0.2) is 72.8 Å². The van der Waals surface area contributed by atoms with Crippen LogP contribution in [-0.4, -0.2) is 49.6 Å². The Bertz CT molecular complexity index is 1240. The van der Waals surface area contributed by atoms with Gasteiger partial charge in [-0.2, -0.15) is 0 Å². The van der Waals surface area contributed by atoms with E-state index in [4.69, 9.17) is 9.47 Å². The summed E-state index contributed by atoms with van der Waals surface area (Å²) in [5.74, 6) is 0.644. The minimum absolute atomic E-state index is 0.151. The summed E-state index contributed by atoms with van der Waals surface area (Å²) in [5, 5.41) is 2.81. The fourth-order valence-corrected chi connectivity index (χ4v) is 4.20. The zero-order valence-corrected chi connectivity index (χ0v) is 20.6. The van der Waals surface area contributed by atoms with Crippen LogP contribution < -0.4 is 19.7 Å². The molecular formula is C28H29N3O5. The van der Waals surface area contributed by atoms with E-state index >= 15 is 0 Å². The highest BCUT2D eigenvalue weighted by Gasteiger charge is 2.46. The number of nitrogens with one attached hydrogen (secondary N) is 1. The van der Waals surface area contributed by atoms with Crippen LogP contribution in [0.25, 0.3) is 0 Å². The number of rotatable bonds is 9. The van der Waals surface area contributed by atoms with Crippen molar-refractivity contribution in [3.8, 4) is 11.5 Å². The highest BCUT2D eigenvalue weighted by Crippen LogP contribution is 2.28. The fourth-order valence-electron chi connectivity index (χ4n) is 4.20. The first-order valence-corrected chi connectivity index (χ1v) is 11.7. The number of carbonyl (C=O) groups excluding carboxylic acids is 3. The summed E-state index contributed by atoms with van der Waals surface area (Å²) in [6.07, 6.45) is 0.378. The molecule has 8 nitrogen and oxygen atoms in total. The zero-order chi connectivity index (χ0) is 25.7. The topological polar surface area (TPSA) is 88.2 Å². The summed E-state index contributed by atoms with van der Waals surface area (Å²) in [5.41, 5.74) is 3.00. The van der Waals surface area contributed by atoms with Crippen LogP contribution in [0.4, 0.5) is 16.2 Å². The Labute approximate surface area is 210 Å². The smallest absolute Gasteiger partial charge is 0.332 e. The summed E-state index contributed by atoms with van der Waals surface area (Å²) in [6, 6.07) is 20.3. The van der Waals surface area contributed by atoms with Gasteiger partial charge in [0.1, 0.15) is 17.5 Å². The Morgan fingerprint density at radius 2 is 1.56 bits per heavy atom. The van der Waals surface area contributed by atoms with Gasteiger partial charge in [0, 0.05) is 12.2 Å². The van der Waals surface area contributed by atoms with Gasteiger partial charge in [-0.1, -0.05) is 24.3 Å². The first kappa shape index (κ1) is 24.8. The molecule has 3 aromatic rings. The molecule has 1 fully saturated rings. The van der Waals surface area contributed by atoms with Crippen LogP contribution in [0.5, 0.6) is 11.5 Å². The van der Waals surface area contributed by atoms with E-state index in [1.165, 1.54) is 9.80 Å². The van der Waals surface area contributed by atoms with Crippen molar-refractivity contribution in [3.63, 3.8) is 0 Å². The minimum atomic E-state index is -0.908. The number of aryl methyl sites for hydroxylation is 1. The summed E-state index contributed by atoms with van der Waals surface area (Å²) in [4.78, 5) is 42.4. The molecule has 0 spiro atoms. The standard InChI is InChI=1S/C28H29N3O5/c1-19-5-4-6-22(17-19)31-27(33)25(18-26(32)29-21-9-13-24(36-3)14-10-21)30(28(31)34)16-15-20-7-11-23(35-2)12-8-20/h4-14,17,25H,15-16,18H2,1-3H3,(H,29,32)/t25-/m1/s1. The molecule has 1 atom stereocenters. The second-order valence-electron chi connectivity index (χ2n) is 8.58. The zero-order valence-electron chi connectivity index (χ0n) is 20.6. The largest absolute Gasteiger partial charge is 0.497 e. The monoisotopic (exact) mass is 487 g/mol. The van der Waals surface area contributed by atoms with E-state index < -0.39 is 18.0 Å². The molecule has 0 bridgehead atoms. The molecule has 36 heavy (non-hydrogen) atoms. The molecule has 0 unspecified atom stereocenters. The van der Waals surface area contributed by atoms with Crippen molar-refractivity contribution in [2.75, 3.05) is 31.0 Å². The number of anilines is 2. The maximum atomic E-state index is 13.5. The van der Waals surface area contributed by atoms with Gasteiger partial charge in [-0.3, -0.25) is 9.59 Å². The van der Waals surface area contributed by atoms with Crippen LogP contribution in [0.1, 0.15) is 17.5 Å². The molecule has 1 heterocycles. The van der Waals surface area contributed by atoms with Crippen molar-refractivity contribution >= 4 is 29.2 Å². The summed E-state index contributed by atoms with van der Waals surface area (Å²) in [7, 11) is 3.17. The quantitative estimate of drug-likeness (QED) is 0.452. The van der Waals surface area contributed by atoms with E-state index in [1.807, 2.05) is 37.3 Å². The first-order chi connectivity index (χ1) is 17.4. The van der Waals surface area contributed by atoms with E-state index in [-0.39, 0.29) is 12.3 Å². The van der Waals surface area contributed by atoms with Crippen LogP contribution in [0, 0.1) is 6.92 Å². The summed E-state index contributed by atoms with van der Waals surface area (Å²) < 4.78 is 10.4. The van der Waals surface area contributed by atoms with Gasteiger partial charge in [0.15, 0.2) is 0 Å². The molecule has 0 aromatic heterocycles. The van der Waals surface area contributed by atoms with Gasteiger partial charge in [0.25, 0.3) is 5.91 Å². The molecule has 8 heteroatoms. The Balaban J connectivity index is 1.54. The van der Waals surface area contributed by atoms with Gasteiger partial charge in [0.2, 0.25) is 5.91 Å². The second kappa shape index (κ2) is 10.9. The van der Waals surface area contributed by atoms with Crippen molar-refractivity contribution in [1.82, 2.24) is 4.90 Å². The van der Waals surface area contributed by atoms with Gasteiger partial charge < -0.3 is 19.7 Å². The highest BCUT2D eigenvalue weighted by atomic mass is 16.5. The van der Waals surface area contributed by atoms with Crippen molar-refractivity contribution in [2.45, 2.75) is 25.8 Å². The minimum Gasteiger partial charge on any atom is -0.497 e. The maximum Gasteiger partial charge on any atom is 0.332 e. The summed E-state index contributed by atoms with van der Waals surface area (Å²) in [6.45, 7) is 2.19. The molecular weight excluding hydrogens is 458 g/mol. The maximum absolute atomic E-state index is 13.5. The lowest BCUT2D eigenvalue weighted by Crippen LogP contribution is -2.39. The average molecular weight is 488 g/mol. The predicted molar refractivity (Wildman–Crippen MR) is 137 cm³/mol. The van der Waals surface area contributed by atoms with E-state index in [1.54, 1.807) is 56.7 Å². The Hall–Kier alpha value is -4.33. The molecule has 1 aliphatic rings. The number of nitrogens with zero attached hydrogens (tertiary/aromatic N) is 2. The number of imide groups is 1. The van der Waals surface area contributed by atoms with Crippen molar-refractivity contribution in [2.24, 2.45) is 0 Å². The third-order valence-corrected chi connectivity index (χ3v) is 6.13. The Morgan fingerprint density at radius 1 is 0.917 bits per heavy atom. The molecule has 4 amide bonds. The first-order valence-electron chi connectivity index (χ1n) is 11.7. The highest BCUT2D eigenvalue weighted by molar-refractivity contribution is 6.22. The fraction of sp³-hybridized carbons (Fsp3) is 0.250. The number of urea groups is 1. The van der Waals surface area contributed by atoms with E-state index in [0.717, 1.165) is 16.9 Å². The molecule has 4 rings (SSSR count). The lowest BCUT2D eigenvalue weighted by atomic mass is 10.1. The van der Waals surface area contributed by atoms with Crippen LogP contribution in [0.3, 0.4) is 0 Å². The van der Waals surface area contributed by atoms with Crippen LogP contribution >= 0.6 is 0 Å². The molecule has 3 aromatic carbocycles. The van der Waals surface area contributed by atoms with Crippen molar-refractivity contribution in [1.29, 1.82) is 0 Å². The van der Waals surface area contributed by atoms with Gasteiger partial charge >= 0.3 is 6.03 Å². The van der Waals surface area contributed by atoms with Crippen LogP contribution in [-0.2, 0) is 16.0 Å². The van der Waals surface area contributed by atoms with E-state index in [9.17, 15) is 14.4 Å². The number of benzene rings is 3. The van der Waals surface area contributed by atoms with Gasteiger partial charge in [-0.05, 0) is 73.0 Å². The van der Waals surface area contributed by atoms with Gasteiger partial charge in [-0.25, -0.2) is 9.69 Å². The number of amides is 4. The lowest BCUT2D eigenvalue weighted by Gasteiger charge is -2.21. The number of hydrogen-bond donors (Lipinski definition) is 1. The number of ether oxygens (including phenoxy) is 2. The van der Waals surface area contributed by atoms with Crippen LogP contribution in [0.2, 0.25) is 0 Å². The molecule has 0 saturated carbocycles. The predicted octanol–water partition coefficient (Wildman–Crippen LogP) is 4.42. The van der Waals surface area contributed by atoms with Crippen molar-refractivity contribution in [3.05, 3.63) is 83.9 Å².